The maximum absolute atomic E-state index is 13.2. The van der Waals surface area contributed by atoms with E-state index in [0.29, 0.717) is 12.6 Å². The lowest BCUT2D eigenvalue weighted by Gasteiger charge is -2.09. The van der Waals surface area contributed by atoms with Crippen LogP contribution in [-0.4, -0.2) is 11.6 Å². The van der Waals surface area contributed by atoms with E-state index in [1.54, 1.807) is 6.07 Å². The number of benzene rings is 1. The van der Waals surface area contributed by atoms with Crippen LogP contribution in [0.4, 0.5) is 4.39 Å². The standard InChI is InChI=1S/C15H19FN2/c1-11-4-5-15(16)8-14(11)10-18-7-6-13(9-18)12(2)17-3/h4-9,12,17H,10H2,1-3H3. The number of aryl methyl sites for hydroxylation is 1. The number of rotatable bonds is 4. The van der Waals surface area contributed by atoms with Gasteiger partial charge < -0.3 is 9.88 Å². The summed E-state index contributed by atoms with van der Waals surface area (Å²) in [5.41, 5.74) is 3.38. The lowest BCUT2D eigenvalue weighted by Crippen LogP contribution is -2.11. The molecule has 2 aromatic rings. The van der Waals surface area contributed by atoms with E-state index >= 15 is 0 Å². The number of aromatic nitrogens is 1. The molecule has 0 radical (unpaired) electrons. The van der Waals surface area contributed by atoms with E-state index in [1.807, 2.05) is 26.2 Å². The zero-order chi connectivity index (χ0) is 13.1. The van der Waals surface area contributed by atoms with E-state index in [-0.39, 0.29) is 5.82 Å². The quantitative estimate of drug-likeness (QED) is 0.876. The van der Waals surface area contributed by atoms with Crippen molar-refractivity contribution in [3.8, 4) is 0 Å². The molecule has 18 heavy (non-hydrogen) atoms. The van der Waals surface area contributed by atoms with Crippen molar-refractivity contribution in [2.24, 2.45) is 0 Å². The van der Waals surface area contributed by atoms with E-state index in [2.05, 4.69) is 29.1 Å². The van der Waals surface area contributed by atoms with Gasteiger partial charge in [0.25, 0.3) is 0 Å². The molecule has 0 saturated heterocycles. The fourth-order valence-corrected chi connectivity index (χ4v) is 1.99. The third kappa shape index (κ3) is 2.79. The number of nitrogens with one attached hydrogen (secondary N) is 1. The predicted octanol–water partition coefficient (Wildman–Crippen LogP) is 3.26. The zero-order valence-electron chi connectivity index (χ0n) is 11.1. The average Bonchev–Trinajstić information content (AvgIpc) is 2.81. The first-order chi connectivity index (χ1) is 8.60. The molecule has 0 aliphatic carbocycles. The van der Waals surface area contributed by atoms with Crippen molar-refractivity contribution in [1.82, 2.24) is 9.88 Å². The number of hydrogen-bond donors (Lipinski definition) is 1. The van der Waals surface area contributed by atoms with Gasteiger partial charge in [0.15, 0.2) is 0 Å². The molecule has 2 nitrogen and oxygen atoms in total. The SMILES string of the molecule is CNC(C)c1ccn(Cc2cc(F)ccc2C)c1. The third-order valence-electron chi connectivity index (χ3n) is 3.37. The molecule has 1 atom stereocenters. The van der Waals surface area contributed by atoms with Crippen LogP contribution in [0.2, 0.25) is 0 Å². The third-order valence-corrected chi connectivity index (χ3v) is 3.37. The summed E-state index contributed by atoms with van der Waals surface area (Å²) in [5.74, 6) is -0.174. The van der Waals surface area contributed by atoms with E-state index in [0.717, 1.165) is 11.1 Å². The van der Waals surface area contributed by atoms with Gasteiger partial charge in [-0.2, -0.15) is 0 Å². The summed E-state index contributed by atoms with van der Waals surface area (Å²) in [7, 11) is 1.94. The Bertz CT molecular complexity index is 531. The molecule has 0 aliphatic rings. The maximum Gasteiger partial charge on any atom is 0.123 e. The van der Waals surface area contributed by atoms with E-state index in [4.69, 9.17) is 0 Å². The number of hydrogen-bond acceptors (Lipinski definition) is 1. The summed E-state index contributed by atoms with van der Waals surface area (Å²) in [4.78, 5) is 0. The molecule has 1 heterocycles. The Kier molecular flexibility index (Phi) is 3.82. The lowest BCUT2D eigenvalue weighted by molar-refractivity contribution is 0.622. The molecule has 0 amide bonds. The monoisotopic (exact) mass is 246 g/mol. The molecule has 1 unspecified atom stereocenters. The van der Waals surface area contributed by atoms with Crippen molar-refractivity contribution in [1.29, 1.82) is 0 Å². The molecule has 1 N–H and O–H groups in total. The summed E-state index contributed by atoms with van der Waals surface area (Å²) in [6.45, 7) is 4.84. The highest BCUT2D eigenvalue weighted by molar-refractivity contribution is 5.27. The largest absolute Gasteiger partial charge is 0.350 e. The Balaban J connectivity index is 2.18. The van der Waals surface area contributed by atoms with Crippen LogP contribution in [0.3, 0.4) is 0 Å². The van der Waals surface area contributed by atoms with Crippen molar-refractivity contribution >= 4 is 0 Å². The van der Waals surface area contributed by atoms with Gasteiger partial charge in [-0.15, -0.1) is 0 Å². The fourth-order valence-electron chi connectivity index (χ4n) is 1.99. The van der Waals surface area contributed by atoms with E-state index in [1.165, 1.54) is 11.6 Å². The molecule has 0 spiro atoms. The molecular weight excluding hydrogens is 227 g/mol. The molecular formula is C15H19FN2. The van der Waals surface area contributed by atoms with Crippen LogP contribution < -0.4 is 5.32 Å². The van der Waals surface area contributed by atoms with Crippen LogP contribution in [0.25, 0.3) is 0 Å². The highest BCUT2D eigenvalue weighted by atomic mass is 19.1. The van der Waals surface area contributed by atoms with Crippen molar-refractivity contribution in [3.05, 3.63) is 59.2 Å². The Labute approximate surface area is 107 Å². The van der Waals surface area contributed by atoms with Gasteiger partial charge in [-0.05, 0) is 55.8 Å². The van der Waals surface area contributed by atoms with Gasteiger partial charge in [0.05, 0.1) is 0 Å². The van der Waals surface area contributed by atoms with Crippen molar-refractivity contribution in [2.75, 3.05) is 7.05 Å². The highest BCUT2D eigenvalue weighted by Crippen LogP contribution is 2.16. The molecule has 0 fully saturated rings. The minimum atomic E-state index is -0.174. The van der Waals surface area contributed by atoms with Crippen LogP contribution >= 0.6 is 0 Å². The highest BCUT2D eigenvalue weighted by Gasteiger charge is 2.06. The molecule has 1 aromatic heterocycles. The summed E-state index contributed by atoms with van der Waals surface area (Å²) in [6, 6.07) is 7.36. The Morgan fingerprint density at radius 3 is 2.83 bits per heavy atom. The van der Waals surface area contributed by atoms with Gasteiger partial charge in [-0.3, -0.25) is 0 Å². The second kappa shape index (κ2) is 5.36. The molecule has 0 aliphatic heterocycles. The van der Waals surface area contributed by atoms with Crippen molar-refractivity contribution in [3.63, 3.8) is 0 Å². The van der Waals surface area contributed by atoms with Crippen molar-refractivity contribution < 1.29 is 4.39 Å². The van der Waals surface area contributed by atoms with Crippen LogP contribution in [0.5, 0.6) is 0 Å². The molecule has 0 bridgehead atoms. The molecule has 96 valence electrons. The van der Waals surface area contributed by atoms with Crippen molar-refractivity contribution in [2.45, 2.75) is 26.4 Å². The molecule has 2 rings (SSSR count). The second-order valence-electron chi connectivity index (χ2n) is 4.70. The van der Waals surface area contributed by atoms with E-state index in [9.17, 15) is 4.39 Å². The molecule has 3 heteroatoms. The van der Waals surface area contributed by atoms with Crippen LogP contribution in [0, 0.1) is 12.7 Å². The minimum absolute atomic E-state index is 0.174. The average molecular weight is 246 g/mol. The van der Waals surface area contributed by atoms with Gasteiger partial charge in [0.1, 0.15) is 5.82 Å². The minimum Gasteiger partial charge on any atom is -0.350 e. The molecule has 1 aromatic carbocycles. The van der Waals surface area contributed by atoms with Gasteiger partial charge in [-0.25, -0.2) is 4.39 Å². The topological polar surface area (TPSA) is 17.0 Å². The first-order valence-corrected chi connectivity index (χ1v) is 6.18. The predicted molar refractivity (Wildman–Crippen MR) is 72.1 cm³/mol. The molecule has 0 saturated carbocycles. The fraction of sp³-hybridized carbons (Fsp3) is 0.333. The lowest BCUT2D eigenvalue weighted by atomic mass is 10.1. The van der Waals surface area contributed by atoms with E-state index < -0.39 is 0 Å². The van der Waals surface area contributed by atoms with Crippen LogP contribution in [0.15, 0.2) is 36.7 Å². The Morgan fingerprint density at radius 1 is 1.33 bits per heavy atom. The normalized spacial score (nSPS) is 12.7. The maximum atomic E-state index is 13.2. The first kappa shape index (κ1) is 12.8. The summed E-state index contributed by atoms with van der Waals surface area (Å²) in [5, 5.41) is 3.21. The number of halogens is 1. The van der Waals surface area contributed by atoms with Gasteiger partial charge in [-0.1, -0.05) is 6.07 Å². The summed E-state index contributed by atoms with van der Waals surface area (Å²) < 4.78 is 15.3. The Hall–Kier alpha value is -1.61. The zero-order valence-corrected chi connectivity index (χ0v) is 11.1. The second-order valence-corrected chi connectivity index (χ2v) is 4.70. The van der Waals surface area contributed by atoms with Crippen LogP contribution in [0.1, 0.15) is 29.7 Å². The smallest absolute Gasteiger partial charge is 0.123 e. The van der Waals surface area contributed by atoms with Gasteiger partial charge >= 0.3 is 0 Å². The van der Waals surface area contributed by atoms with Gasteiger partial charge in [0.2, 0.25) is 0 Å². The van der Waals surface area contributed by atoms with Crippen LogP contribution in [-0.2, 0) is 6.54 Å². The number of nitrogens with zero attached hydrogens (tertiary/aromatic N) is 1. The Morgan fingerprint density at radius 2 is 2.11 bits per heavy atom. The summed E-state index contributed by atoms with van der Waals surface area (Å²) >= 11 is 0. The van der Waals surface area contributed by atoms with Gasteiger partial charge in [0, 0.05) is 25.0 Å². The summed E-state index contributed by atoms with van der Waals surface area (Å²) in [6.07, 6.45) is 4.14. The first-order valence-electron chi connectivity index (χ1n) is 6.18.